The molecule has 0 radical (unpaired) electrons. The Morgan fingerprint density at radius 3 is 2.54 bits per heavy atom. The Morgan fingerprint density at radius 2 is 1.93 bits per heavy atom. The molecule has 0 aromatic carbocycles. The third-order valence-corrected chi connectivity index (χ3v) is 4.40. The van der Waals surface area contributed by atoms with E-state index in [1.54, 1.807) is 7.11 Å². The maximum absolute atomic E-state index is 12.0. The SMILES string of the molecule is CCNC(=NCC(C)(C)NC(=O)OC(C)(C)C)NCC1CCCN1CCOC. The Hall–Kier alpha value is -1.54. The van der Waals surface area contributed by atoms with Gasteiger partial charge in [-0.2, -0.15) is 0 Å². The van der Waals surface area contributed by atoms with E-state index in [1.807, 2.05) is 41.5 Å². The summed E-state index contributed by atoms with van der Waals surface area (Å²) in [6, 6.07) is 0.493. The molecule has 3 N–H and O–H groups in total. The van der Waals surface area contributed by atoms with Gasteiger partial charge in [-0.3, -0.25) is 9.89 Å². The van der Waals surface area contributed by atoms with Crippen molar-refractivity contribution < 1.29 is 14.3 Å². The summed E-state index contributed by atoms with van der Waals surface area (Å²) in [5, 5.41) is 9.62. The lowest BCUT2D eigenvalue weighted by Gasteiger charge is -2.28. The van der Waals surface area contributed by atoms with E-state index in [0.717, 1.165) is 38.7 Å². The average molecular weight is 400 g/mol. The van der Waals surface area contributed by atoms with Gasteiger partial charge in [-0.1, -0.05) is 0 Å². The quantitative estimate of drug-likeness (QED) is 0.406. The molecule has 1 rings (SSSR count). The summed E-state index contributed by atoms with van der Waals surface area (Å²) in [6.45, 7) is 16.4. The largest absolute Gasteiger partial charge is 0.444 e. The van der Waals surface area contributed by atoms with Gasteiger partial charge in [-0.25, -0.2) is 4.79 Å². The lowest BCUT2D eigenvalue weighted by Crippen LogP contribution is -2.49. The van der Waals surface area contributed by atoms with Crippen LogP contribution in [-0.2, 0) is 9.47 Å². The molecule has 8 heteroatoms. The van der Waals surface area contributed by atoms with Crippen LogP contribution in [0.15, 0.2) is 4.99 Å². The second kappa shape index (κ2) is 11.5. The highest BCUT2D eigenvalue weighted by molar-refractivity contribution is 5.80. The number of hydrogen-bond acceptors (Lipinski definition) is 5. The molecule has 0 aromatic rings. The molecule has 1 saturated heterocycles. The Balaban J connectivity index is 2.56. The lowest BCUT2D eigenvalue weighted by molar-refractivity contribution is 0.0476. The first kappa shape index (κ1) is 24.5. The minimum Gasteiger partial charge on any atom is -0.444 e. The van der Waals surface area contributed by atoms with Crippen molar-refractivity contribution in [1.82, 2.24) is 20.9 Å². The minimum absolute atomic E-state index is 0.426. The first-order valence-corrected chi connectivity index (χ1v) is 10.3. The van der Waals surface area contributed by atoms with Crippen LogP contribution in [0.2, 0.25) is 0 Å². The monoisotopic (exact) mass is 399 g/mol. The van der Waals surface area contributed by atoms with Crippen molar-refractivity contribution in [3.63, 3.8) is 0 Å². The zero-order valence-corrected chi connectivity index (χ0v) is 18.9. The molecule has 1 fully saturated rings. The molecule has 1 atom stereocenters. The molecular formula is C20H41N5O3. The van der Waals surface area contributed by atoms with E-state index >= 15 is 0 Å². The highest BCUT2D eigenvalue weighted by Gasteiger charge is 2.26. The fourth-order valence-corrected chi connectivity index (χ4v) is 3.08. The molecular weight excluding hydrogens is 358 g/mol. The second-order valence-corrected chi connectivity index (χ2v) is 8.91. The molecule has 0 aliphatic carbocycles. The highest BCUT2D eigenvalue weighted by atomic mass is 16.6. The molecule has 0 bridgehead atoms. The van der Waals surface area contributed by atoms with E-state index in [0.29, 0.717) is 12.6 Å². The van der Waals surface area contributed by atoms with Crippen LogP contribution in [0.5, 0.6) is 0 Å². The predicted molar refractivity (Wildman–Crippen MR) is 114 cm³/mol. The van der Waals surface area contributed by atoms with Crippen molar-refractivity contribution in [2.24, 2.45) is 4.99 Å². The molecule has 8 nitrogen and oxygen atoms in total. The summed E-state index contributed by atoms with van der Waals surface area (Å²) in [5.41, 5.74) is -1.03. The van der Waals surface area contributed by atoms with Gasteiger partial charge >= 0.3 is 6.09 Å². The summed E-state index contributed by atoms with van der Waals surface area (Å²) in [4.78, 5) is 19.2. The van der Waals surface area contributed by atoms with Crippen LogP contribution in [-0.4, -0.2) is 80.6 Å². The maximum atomic E-state index is 12.0. The van der Waals surface area contributed by atoms with Gasteiger partial charge in [-0.15, -0.1) is 0 Å². The number of carbonyl (C=O) groups excluding carboxylic acids is 1. The number of alkyl carbamates (subject to hydrolysis) is 1. The number of carbonyl (C=O) groups is 1. The summed E-state index contributed by atoms with van der Waals surface area (Å²) in [5.74, 6) is 0.764. The van der Waals surface area contributed by atoms with Crippen LogP contribution < -0.4 is 16.0 Å². The first-order chi connectivity index (χ1) is 13.1. The minimum atomic E-state index is -0.518. The summed E-state index contributed by atoms with van der Waals surface area (Å²) in [6.07, 6.45) is 1.98. The third-order valence-electron chi connectivity index (χ3n) is 4.40. The van der Waals surface area contributed by atoms with E-state index < -0.39 is 17.2 Å². The number of aliphatic imine (C=N–C) groups is 1. The molecule has 1 aliphatic heterocycles. The fourth-order valence-electron chi connectivity index (χ4n) is 3.08. The van der Waals surface area contributed by atoms with E-state index in [4.69, 9.17) is 9.47 Å². The fraction of sp³-hybridized carbons (Fsp3) is 0.900. The van der Waals surface area contributed by atoms with Gasteiger partial charge in [0.2, 0.25) is 0 Å². The number of rotatable bonds is 9. The van der Waals surface area contributed by atoms with Crippen LogP contribution in [0.4, 0.5) is 4.79 Å². The number of nitrogens with one attached hydrogen (secondary N) is 3. The molecule has 28 heavy (non-hydrogen) atoms. The third kappa shape index (κ3) is 10.1. The predicted octanol–water partition coefficient (Wildman–Crippen LogP) is 1.96. The summed E-state index contributed by atoms with van der Waals surface area (Å²) >= 11 is 0. The van der Waals surface area contributed by atoms with Crippen molar-refractivity contribution in [3.05, 3.63) is 0 Å². The number of likely N-dealkylation sites (tertiary alicyclic amines) is 1. The Morgan fingerprint density at radius 1 is 1.21 bits per heavy atom. The van der Waals surface area contributed by atoms with Gasteiger partial charge in [-0.05, 0) is 60.9 Å². The van der Waals surface area contributed by atoms with Crippen LogP contribution in [0.1, 0.15) is 54.4 Å². The van der Waals surface area contributed by atoms with Gasteiger partial charge in [0.05, 0.1) is 18.7 Å². The number of nitrogens with zero attached hydrogens (tertiary/aromatic N) is 2. The molecule has 0 aromatic heterocycles. The second-order valence-electron chi connectivity index (χ2n) is 8.91. The van der Waals surface area contributed by atoms with Gasteiger partial charge in [0.15, 0.2) is 5.96 Å². The topological polar surface area (TPSA) is 87.2 Å². The lowest BCUT2D eigenvalue weighted by atomic mass is 10.1. The van der Waals surface area contributed by atoms with Crippen LogP contribution in [0, 0.1) is 0 Å². The zero-order valence-electron chi connectivity index (χ0n) is 18.9. The first-order valence-electron chi connectivity index (χ1n) is 10.3. The van der Waals surface area contributed by atoms with Crippen molar-refractivity contribution in [3.8, 4) is 0 Å². The van der Waals surface area contributed by atoms with Gasteiger partial charge in [0, 0.05) is 32.8 Å². The van der Waals surface area contributed by atoms with Gasteiger partial charge in [0.25, 0.3) is 0 Å². The number of methoxy groups -OCH3 is 1. The Bertz CT molecular complexity index is 503. The van der Waals surface area contributed by atoms with Crippen LogP contribution in [0.3, 0.4) is 0 Å². The molecule has 1 amide bonds. The molecule has 1 aliphatic rings. The van der Waals surface area contributed by atoms with Crippen LogP contribution >= 0.6 is 0 Å². The number of amides is 1. The van der Waals surface area contributed by atoms with E-state index in [1.165, 1.54) is 12.8 Å². The summed E-state index contributed by atoms with van der Waals surface area (Å²) in [7, 11) is 1.74. The van der Waals surface area contributed by atoms with Crippen LogP contribution in [0.25, 0.3) is 0 Å². The number of guanidine groups is 1. The normalized spacial score (nSPS) is 18.8. The van der Waals surface area contributed by atoms with E-state index in [9.17, 15) is 4.79 Å². The number of hydrogen-bond donors (Lipinski definition) is 3. The van der Waals surface area contributed by atoms with Crippen molar-refractivity contribution >= 4 is 12.1 Å². The summed E-state index contributed by atoms with van der Waals surface area (Å²) < 4.78 is 10.6. The standard InChI is InChI=1S/C20H41N5O3/c1-8-21-17(22-14-16-10-9-11-25(16)12-13-27-7)23-15-20(5,6)24-18(26)28-19(2,3)4/h16H,8-15H2,1-7H3,(H,24,26)(H2,21,22,23). The molecule has 1 heterocycles. The number of ether oxygens (including phenoxy) is 2. The van der Waals surface area contributed by atoms with Gasteiger partial charge in [0.1, 0.15) is 5.60 Å². The van der Waals surface area contributed by atoms with Gasteiger partial charge < -0.3 is 25.4 Å². The Labute approximate surface area is 170 Å². The van der Waals surface area contributed by atoms with E-state index in [2.05, 4.69) is 25.8 Å². The average Bonchev–Trinajstić information content (AvgIpc) is 3.00. The molecule has 1 unspecified atom stereocenters. The van der Waals surface area contributed by atoms with Crippen molar-refractivity contribution in [1.29, 1.82) is 0 Å². The van der Waals surface area contributed by atoms with Crippen molar-refractivity contribution in [2.75, 3.05) is 46.4 Å². The molecule has 0 spiro atoms. The van der Waals surface area contributed by atoms with Crippen molar-refractivity contribution in [2.45, 2.75) is 71.6 Å². The van der Waals surface area contributed by atoms with E-state index in [-0.39, 0.29) is 0 Å². The smallest absolute Gasteiger partial charge is 0.408 e. The maximum Gasteiger partial charge on any atom is 0.408 e. The highest BCUT2D eigenvalue weighted by Crippen LogP contribution is 2.16. The molecule has 164 valence electrons. The molecule has 0 saturated carbocycles. The zero-order chi connectivity index (χ0) is 21.2. The Kier molecular flexibility index (Phi) is 10.0.